The average Bonchev–Trinajstić information content (AvgIpc) is 3.00. The van der Waals surface area contributed by atoms with Crippen LogP contribution in [0.4, 0.5) is 19.0 Å². The van der Waals surface area contributed by atoms with Crippen LogP contribution in [0.2, 0.25) is 0 Å². The first-order chi connectivity index (χ1) is 11.3. The summed E-state index contributed by atoms with van der Waals surface area (Å²) in [6, 6.07) is 2.02. The average molecular weight is 343 g/mol. The van der Waals surface area contributed by atoms with Crippen LogP contribution < -0.4 is 4.90 Å². The van der Waals surface area contributed by atoms with Gasteiger partial charge >= 0.3 is 6.18 Å². The lowest BCUT2D eigenvalue weighted by Crippen LogP contribution is -2.44. The second-order valence-corrected chi connectivity index (χ2v) is 6.60. The minimum atomic E-state index is -4.54. The van der Waals surface area contributed by atoms with Gasteiger partial charge in [-0.2, -0.15) is 13.2 Å². The van der Waals surface area contributed by atoms with E-state index < -0.39 is 11.9 Å². The number of anilines is 1. The van der Waals surface area contributed by atoms with Crippen LogP contribution in [0.15, 0.2) is 12.1 Å². The first kappa shape index (κ1) is 17.1. The number of hydrogen-bond acceptors (Lipinski definition) is 4. The van der Waals surface area contributed by atoms with Crippen molar-refractivity contribution in [1.82, 2.24) is 10.2 Å². The SMILES string of the molecule is CN(C(=O)C1CCOC2(CCCC2)C1)c1ccc(C(F)(F)F)nn1. The van der Waals surface area contributed by atoms with Gasteiger partial charge < -0.3 is 4.74 Å². The molecule has 0 radical (unpaired) electrons. The summed E-state index contributed by atoms with van der Waals surface area (Å²) < 4.78 is 43.5. The van der Waals surface area contributed by atoms with Crippen molar-refractivity contribution in [3.05, 3.63) is 17.8 Å². The summed E-state index contributed by atoms with van der Waals surface area (Å²) in [7, 11) is 1.52. The van der Waals surface area contributed by atoms with Gasteiger partial charge in [-0.3, -0.25) is 9.69 Å². The fourth-order valence-corrected chi connectivity index (χ4v) is 3.65. The number of rotatable bonds is 2. The standard InChI is InChI=1S/C16H20F3N3O2/c1-22(13-5-4-12(20-21-13)16(17,18)19)14(23)11-6-9-24-15(10-11)7-2-3-8-15/h4-5,11H,2-3,6-10H2,1H3. The molecule has 1 aliphatic heterocycles. The Balaban J connectivity index is 1.70. The summed E-state index contributed by atoms with van der Waals surface area (Å²) in [4.78, 5) is 14.0. The predicted molar refractivity (Wildman–Crippen MR) is 80.3 cm³/mol. The number of carbonyl (C=O) groups excluding carboxylic acids is 1. The maximum absolute atomic E-state index is 12.7. The molecule has 5 nitrogen and oxygen atoms in total. The van der Waals surface area contributed by atoms with Crippen LogP contribution in [0.3, 0.4) is 0 Å². The molecule has 1 aliphatic carbocycles. The van der Waals surface area contributed by atoms with Crippen LogP contribution in [0.1, 0.15) is 44.2 Å². The van der Waals surface area contributed by atoms with E-state index in [0.29, 0.717) is 19.4 Å². The number of carbonyl (C=O) groups is 1. The zero-order chi connectivity index (χ0) is 17.4. The Kier molecular flexibility index (Phi) is 4.50. The molecule has 1 amide bonds. The topological polar surface area (TPSA) is 55.3 Å². The highest BCUT2D eigenvalue weighted by Crippen LogP contribution is 2.42. The molecule has 1 atom stereocenters. The summed E-state index contributed by atoms with van der Waals surface area (Å²) in [5.74, 6) is -0.204. The van der Waals surface area contributed by atoms with Crippen LogP contribution in [0, 0.1) is 5.92 Å². The van der Waals surface area contributed by atoms with Crippen LogP contribution in [-0.4, -0.2) is 35.4 Å². The lowest BCUT2D eigenvalue weighted by molar-refractivity contribution is -0.141. The summed E-state index contributed by atoms with van der Waals surface area (Å²) in [5, 5.41) is 6.73. The molecular formula is C16H20F3N3O2. The maximum atomic E-state index is 12.7. The van der Waals surface area contributed by atoms with E-state index >= 15 is 0 Å². The van der Waals surface area contributed by atoms with Gasteiger partial charge in [-0.15, -0.1) is 10.2 Å². The molecule has 0 N–H and O–H groups in total. The predicted octanol–water partition coefficient (Wildman–Crippen LogP) is 3.20. The molecule has 2 aliphatic rings. The first-order valence-corrected chi connectivity index (χ1v) is 8.13. The number of ether oxygens (including phenoxy) is 1. The number of halogens is 3. The molecule has 2 fully saturated rings. The van der Waals surface area contributed by atoms with Gasteiger partial charge in [-0.05, 0) is 37.8 Å². The number of hydrogen-bond donors (Lipinski definition) is 0. The fourth-order valence-electron chi connectivity index (χ4n) is 3.65. The van der Waals surface area contributed by atoms with E-state index in [1.54, 1.807) is 0 Å². The quantitative estimate of drug-likeness (QED) is 0.827. The van der Waals surface area contributed by atoms with Crippen LogP contribution >= 0.6 is 0 Å². The van der Waals surface area contributed by atoms with E-state index in [4.69, 9.17) is 4.74 Å². The molecule has 1 spiro atoms. The number of alkyl halides is 3. The normalized spacial score (nSPS) is 23.4. The molecule has 0 bridgehead atoms. The highest BCUT2D eigenvalue weighted by atomic mass is 19.4. The molecule has 3 rings (SSSR count). The second kappa shape index (κ2) is 6.31. The van der Waals surface area contributed by atoms with Crippen molar-refractivity contribution >= 4 is 11.7 Å². The third kappa shape index (κ3) is 3.38. The summed E-state index contributed by atoms with van der Waals surface area (Å²) >= 11 is 0. The van der Waals surface area contributed by atoms with Gasteiger partial charge in [0.15, 0.2) is 11.5 Å². The Hall–Kier alpha value is -1.70. The Morgan fingerprint density at radius 3 is 2.58 bits per heavy atom. The van der Waals surface area contributed by atoms with Gasteiger partial charge in [-0.25, -0.2) is 0 Å². The van der Waals surface area contributed by atoms with Crippen molar-refractivity contribution in [1.29, 1.82) is 0 Å². The molecule has 1 saturated carbocycles. The number of aromatic nitrogens is 2. The van der Waals surface area contributed by atoms with E-state index in [1.165, 1.54) is 18.0 Å². The highest BCUT2D eigenvalue weighted by Gasteiger charge is 2.42. The van der Waals surface area contributed by atoms with E-state index in [2.05, 4.69) is 10.2 Å². The number of nitrogens with zero attached hydrogens (tertiary/aromatic N) is 3. The van der Waals surface area contributed by atoms with Crippen molar-refractivity contribution in [2.75, 3.05) is 18.6 Å². The summed E-state index contributed by atoms with van der Waals surface area (Å²) in [5.41, 5.74) is -1.26. The first-order valence-electron chi connectivity index (χ1n) is 8.13. The van der Waals surface area contributed by atoms with Gasteiger partial charge in [0.25, 0.3) is 0 Å². The monoisotopic (exact) mass is 343 g/mol. The Labute approximate surface area is 138 Å². The minimum absolute atomic E-state index is 0.125. The third-order valence-corrected chi connectivity index (χ3v) is 4.97. The molecule has 0 aromatic carbocycles. The van der Waals surface area contributed by atoms with Crippen molar-refractivity contribution in [3.63, 3.8) is 0 Å². The van der Waals surface area contributed by atoms with E-state index in [1.807, 2.05) is 0 Å². The molecule has 1 aromatic heterocycles. The van der Waals surface area contributed by atoms with Crippen LogP contribution in [-0.2, 0) is 15.7 Å². The van der Waals surface area contributed by atoms with E-state index in [-0.39, 0.29) is 23.2 Å². The van der Waals surface area contributed by atoms with Crippen molar-refractivity contribution < 1.29 is 22.7 Å². The largest absolute Gasteiger partial charge is 0.435 e. The van der Waals surface area contributed by atoms with Crippen molar-refractivity contribution in [2.24, 2.45) is 5.92 Å². The zero-order valence-electron chi connectivity index (χ0n) is 13.5. The Bertz CT molecular complexity index is 598. The zero-order valence-corrected chi connectivity index (χ0v) is 13.5. The third-order valence-electron chi connectivity index (χ3n) is 4.97. The highest BCUT2D eigenvalue weighted by molar-refractivity contribution is 5.93. The maximum Gasteiger partial charge on any atom is 0.435 e. The molecular weight excluding hydrogens is 323 g/mol. The molecule has 2 heterocycles. The minimum Gasteiger partial charge on any atom is -0.375 e. The molecule has 1 aromatic rings. The van der Waals surface area contributed by atoms with Gasteiger partial charge in [-0.1, -0.05) is 12.8 Å². The van der Waals surface area contributed by atoms with Crippen LogP contribution in [0.5, 0.6) is 0 Å². The van der Waals surface area contributed by atoms with E-state index in [0.717, 1.165) is 31.7 Å². The Morgan fingerprint density at radius 1 is 1.29 bits per heavy atom. The molecule has 132 valence electrons. The molecule has 8 heteroatoms. The Morgan fingerprint density at radius 2 is 2.00 bits per heavy atom. The van der Waals surface area contributed by atoms with Crippen molar-refractivity contribution in [3.8, 4) is 0 Å². The smallest absolute Gasteiger partial charge is 0.375 e. The van der Waals surface area contributed by atoms with Gasteiger partial charge in [0, 0.05) is 19.6 Å². The van der Waals surface area contributed by atoms with E-state index in [9.17, 15) is 18.0 Å². The number of amides is 1. The van der Waals surface area contributed by atoms with Gasteiger partial charge in [0.05, 0.1) is 5.60 Å². The lowest BCUT2D eigenvalue weighted by atomic mass is 9.84. The van der Waals surface area contributed by atoms with Crippen LogP contribution in [0.25, 0.3) is 0 Å². The molecule has 1 unspecified atom stereocenters. The lowest BCUT2D eigenvalue weighted by Gasteiger charge is -2.38. The summed E-state index contributed by atoms with van der Waals surface area (Å²) in [6.45, 7) is 0.545. The molecule has 24 heavy (non-hydrogen) atoms. The fraction of sp³-hybridized carbons (Fsp3) is 0.688. The van der Waals surface area contributed by atoms with Gasteiger partial charge in [0.2, 0.25) is 5.91 Å². The van der Waals surface area contributed by atoms with Crippen molar-refractivity contribution in [2.45, 2.75) is 50.3 Å². The summed E-state index contributed by atoms with van der Waals surface area (Å²) in [6.07, 6.45) is 0.927. The second-order valence-electron chi connectivity index (χ2n) is 6.60. The molecule has 1 saturated heterocycles. The van der Waals surface area contributed by atoms with Gasteiger partial charge in [0.1, 0.15) is 0 Å².